The molecule has 5 heteroatoms. The van der Waals surface area contributed by atoms with Crippen molar-refractivity contribution >= 4 is 11.7 Å². The largest absolute Gasteiger partial charge is 0.336 e. The molecule has 1 amide bonds. The van der Waals surface area contributed by atoms with Crippen LogP contribution in [0.3, 0.4) is 0 Å². The molecule has 0 unspecified atom stereocenters. The number of amides is 1. The van der Waals surface area contributed by atoms with E-state index >= 15 is 0 Å². The standard InChI is InChI=1S/C16H17N3O2/c1-4-14(20)15-13-8-18(3)16(21)11-7-10(2)5-6-12(11)19(13)9-17-15/h5-7,9H,4,8H2,1-3H3. The summed E-state index contributed by atoms with van der Waals surface area (Å²) >= 11 is 0. The first kappa shape index (κ1) is 13.5. The number of carbonyl (C=O) groups excluding carboxylic acids is 2. The molecule has 0 bridgehead atoms. The summed E-state index contributed by atoms with van der Waals surface area (Å²) in [5, 5.41) is 0. The Bertz CT molecular complexity index is 746. The van der Waals surface area contributed by atoms with Crippen LogP contribution in [0.2, 0.25) is 0 Å². The van der Waals surface area contributed by atoms with Crippen LogP contribution in [0.15, 0.2) is 24.5 Å². The van der Waals surface area contributed by atoms with Crippen molar-refractivity contribution in [3.05, 3.63) is 47.0 Å². The first-order chi connectivity index (χ1) is 10.0. The predicted octanol–water partition coefficient (Wildman–Crippen LogP) is 2.36. The molecule has 0 saturated carbocycles. The van der Waals surface area contributed by atoms with E-state index in [-0.39, 0.29) is 11.7 Å². The highest BCUT2D eigenvalue weighted by Crippen LogP contribution is 2.26. The Balaban J connectivity index is 2.27. The van der Waals surface area contributed by atoms with Gasteiger partial charge in [0.1, 0.15) is 12.0 Å². The maximum Gasteiger partial charge on any atom is 0.256 e. The van der Waals surface area contributed by atoms with Gasteiger partial charge in [-0.3, -0.25) is 14.2 Å². The summed E-state index contributed by atoms with van der Waals surface area (Å²) in [5.41, 5.74) is 3.70. The van der Waals surface area contributed by atoms with Gasteiger partial charge in [0.25, 0.3) is 5.91 Å². The maximum absolute atomic E-state index is 12.5. The predicted molar refractivity (Wildman–Crippen MR) is 78.7 cm³/mol. The summed E-state index contributed by atoms with van der Waals surface area (Å²) in [7, 11) is 1.75. The van der Waals surface area contributed by atoms with Crippen LogP contribution in [-0.4, -0.2) is 33.2 Å². The molecule has 0 N–H and O–H groups in total. The zero-order chi connectivity index (χ0) is 15.1. The number of aromatic nitrogens is 2. The molecule has 2 aromatic rings. The van der Waals surface area contributed by atoms with Gasteiger partial charge in [0.2, 0.25) is 0 Å². The normalized spacial score (nSPS) is 13.7. The van der Waals surface area contributed by atoms with E-state index in [0.29, 0.717) is 24.2 Å². The molecule has 0 fully saturated rings. The smallest absolute Gasteiger partial charge is 0.256 e. The van der Waals surface area contributed by atoms with Crippen molar-refractivity contribution in [3.8, 4) is 5.69 Å². The minimum Gasteiger partial charge on any atom is -0.336 e. The first-order valence-corrected chi connectivity index (χ1v) is 6.98. The SMILES string of the molecule is CCC(=O)c1ncn2c1CN(C)C(=O)c1cc(C)ccc1-2. The molecule has 1 aliphatic rings. The summed E-state index contributed by atoms with van der Waals surface area (Å²) in [6.45, 7) is 4.16. The molecule has 1 aromatic heterocycles. The monoisotopic (exact) mass is 283 g/mol. The van der Waals surface area contributed by atoms with Crippen LogP contribution in [0.5, 0.6) is 0 Å². The van der Waals surface area contributed by atoms with Gasteiger partial charge in [-0.05, 0) is 19.1 Å². The van der Waals surface area contributed by atoms with E-state index in [2.05, 4.69) is 4.98 Å². The lowest BCUT2D eigenvalue weighted by molar-refractivity contribution is 0.0785. The molecule has 0 spiro atoms. The molecule has 5 nitrogen and oxygen atoms in total. The minimum atomic E-state index is -0.0349. The number of aryl methyl sites for hydroxylation is 1. The van der Waals surface area contributed by atoms with Crippen LogP contribution < -0.4 is 0 Å². The van der Waals surface area contributed by atoms with Crippen molar-refractivity contribution in [1.82, 2.24) is 14.5 Å². The van der Waals surface area contributed by atoms with Crippen molar-refractivity contribution in [2.45, 2.75) is 26.8 Å². The summed E-state index contributed by atoms with van der Waals surface area (Å²) in [6, 6.07) is 5.75. The van der Waals surface area contributed by atoms with Crippen LogP contribution >= 0.6 is 0 Å². The van der Waals surface area contributed by atoms with E-state index in [1.165, 1.54) is 0 Å². The van der Waals surface area contributed by atoms with Gasteiger partial charge in [0.05, 0.1) is 23.5 Å². The summed E-state index contributed by atoms with van der Waals surface area (Å²) in [4.78, 5) is 30.4. The van der Waals surface area contributed by atoms with Gasteiger partial charge in [-0.25, -0.2) is 4.98 Å². The van der Waals surface area contributed by atoms with Crippen molar-refractivity contribution < 1.29 is 9.59 Å². The average molecular weight is 283 g/mol. The molecular weight excluding hydrogens is 266 g/mol. The number of carbonyl (C=O) groups is 2. The highest BCUT2D eigenvalue weighted by Gasteiger charge is 2.27. The van der Waals surface area contributed by atoms with Crippen molar-refractivity contribution in [1.29, 1.82) is 0 Å². The lowest BCUT2D eigenvalue weighted by atomic mass is 10.1. The number of fused-ring (bicyclic) bond motifs is 3. The zero-order valence-electron chi connectivity index (χ0n) is 12.4. The Morgan fingerprint density at radius 1 is 1.38 bits per heavy atom. The third-order valence-corrected chi connectivity index (χ3v) is 3.83. The highest BCUT2D eigenvalue weighted by atomic mass is 16.2. The summed E-state index contributed by atoms with van der Waals surface area (Å²) < 4.78 is 1.86. The fraction of sp³-hybridized carbons (Fsp3) is 0.312. The number of ketones is 1. The number of benzene rings is 1. The van der Waals surface area contributed by atoms with E-state index in [0.717, 1.165) is 16.9 Å². The Morgan fingerprint density at radius 3 is 2.86 bits per heavy atom. The second-order valence-corrected chi connectivity index (χ2v) is 5.37. The third kappa shape index (κ3) is 2.05. The molecule has 0 atom stereocenters. The lowest BCUT2D eigenvalue weighted by Gasteiger charge is -2.14. The quantitative estimate of drug-likeness (QED) is 0.795. The van der Waals surface area contributed by atoms with Crippen molar-refractivity contribution in [2.75, 3.05) is 7.05 Å². The third-order valence-electron chi connectivity index (χ3n) is 3.83. The maximum atomic E-state index is 12.5. The fourth-order valence-corrected chi connectivity index (χ4v) is 2.67. The van der Waals surface area contributed by atoms with Crippen LogP contribution in [-0.2, 0) is 6.54 Å². The fourth-order valence-electron chi connectivity index (χ4n) is 2.67. The van der Waals surface area contributed by atoms with Gasteiger partial charge < -0.3 is 4.90 Å². The van der Waals surface area contributed by atoms with E-state index < -0.39 is 0 Å². The first-order valence-electron chi connectivity index (χ1n) is 6.98. The van der Waals surface area contributed by atoms with Gasteiger partial charge in [0, 0.05) is 13.5 Å². The van der Waals surface area contributed by atoms with Gasteiger partial charge in [-0.1, -0.05) is 18.6 Å². The molecule has 21 heavy (non-hydrogen) atoms. The Hall–Kier alpha value is -2.43. The molecule has 1 aromatic carbocycles. The van der Waals surface area contributed by atoms with Crippen molar-refractivity contribution in [3.63, 3.8) is 0 Å². The molecule has 0 aliphatic carbocycles. The van der Waals surface area contributed by atoms with E-state index in [1.807, 2.05) is 36.6 Å². The second-order valence-electron chi connectivity index (χ2n) is 5.37. The number of hydrogen-bond acceptors (Lipinski definition) is 3. The average Bonchev–Trinajstić information content (AvgIpc) is 2.85. The van der Waals surface area contributed by atoms with Crippen LogP contribution in [0.4, 0.5) is 0 Å². The Labute approximate surface area is 123 Å². The number of imidazole rings is 1. The molecule has 1 aliphatic heterocycles. The highest BCUT2D eigenvalue weighted by molar-refractivity contribution is 6.00. The van der Waals surface area contributed by atoms with Crippen LogP contribution in [0, 0.1) is 6.92 Å². The molecule has 2 heterocycles. The van der Waals surface area contributed by atoms with Crippen LogP contribution in [0.1, 0.15) is 45.4 Å². The second kappa shape index (κ2) is 4.84. The Morgan fingerprint density at radius 2 is 2.14 bits per heavy atom. The molecule has 0 radical (unpaired) electrons. The molecule has 3 rings (SSSR count). The summed E-state index contributed by atoms with van der Waals surface area (Å²) in [6.07, 6.45) is 2.04. The number of hydrogen-bond donors (Lipinski definition) is 0. The minimum absolute atomic E-state index is 0.000149. The number of Topliss-reactive ketones (excluding diaryl/α,β-unsaturated/α-hetero) is 1. The topological polar surface area (TPSA) is 55.2 Å². The number of nitrogens with zero attached hydrogens (tertiary/aromatic N) is 3. The molecular formula is C16H17N3O2. The summed E-state index contributed by atoms with van der Waals surface area (Å²) in [5.74, 6) is -0.0348. The van der Waals surface area contributed by atoms with E-state index in [1.54, 1.807) is 18.3 Å². The zero-order valence-corrected chi connectivity index (χ0v) is 12.4. The lowest BCUT2D eigenvalue weighted by Crippen LogP contribution is -2.25. The van der Waals surface area contributed by atoms with Gasteiger partial charge in [-0.2, -0.15) is 0 Å². The van der Waals surface area contributed by atoms with Gasteiger partial charge in [-0.15, -0.1) is 0 Å². The van der Waals surface area contributed by atoms with E-state index in [4.69, 9.17) is 0 Å². The van der Waals surface area contributed by atoms with Gasteiger partial charge in [0.15, 0.2) is 5.78 Å². The number of rotatable bonds is 2. The van der Waals surface area contributed by atoms with Gasteiger partial charge >= 0.3 is 0 Å². The molecule has 0 saturated heterocycles. The van der Waals surface area contributed by atoms with Crippen LogP contribution in [0.25, 0.3) is 5.69 Å². The molecule has 108 valence electrons. The van der Waals surface area contributed by atoms with E-state index in [9.17, 15) is 9.59 Å². The Kier molecular flexibility index (Phi) is 3.12. The van der Waals surface area contributed by atoms with Crippen molar-refractivity contribution in [2.24, 2.45) is 0 Å².